The number of nitrogens with zero attached hydrogens (tertiary/aromatic N) is 3. The van der Waals surface area contributed by atoms with Gasteiger partial charge in [-0.1, -0.05) is 48.7 Å². The fourth-order valence-corrected chi connectivity index (χ4v) is 4.90. The Labute approximate surface area is 200 Å². The molecule has 2 aliphatic heterocycles. The van der Waals surface area contributed by atoms with Gasteiger partial charge in [-0.2, -0.15) is 5.10 Å². The van der Waals surface area contributed by atoms with Crippen LogP contribution in [0.25, 0.3) is 0 Å². The van der Waals surface area contributed by atoms with Crippen LogP contribution in [0.3, 0.4) is 0 Å². The molecular formula is C22H23Cl2IN4O. The first-order chi connectivity index (χ1) is 14.4. The highest BCUT2D eigenvalue weighted by Gasteiger charge is 2.40. The maximum Gasteiger partial charge on any atom is 0.282 e. The number of hydrazone groups is 1. The highest BCUT2D eigenvalue weighted by molar-refractivity contribution is 14.1. The van der Waals surface area contributed by atoms with Crippen LogP contribution in [-0.2, 0) is 4.79 Å². The van der Waals surface area contributed by atoms with Crippen molar-refractivity contribution in [3.05, 3.63) is 61.6 Å². The van der Waals surface area contributed by atoms with Crippen molar-refractivity contribution in [2.45, 2.75) is 32.2 Å². The number of benzene rings is 2. The van der Waals surface area contributed by atoms with Gasteiger partial charge in [0.25, 0.3) is 5.91 Å². The number of hydrazine groups is 1. The van der Waals surface area contributed by atoms with Crippen molar-refractivity contribution in [2.24, 2.45) is 11.0 Å². The van der Waals surface area contributed by atoms with Crippen molar-refractivity contribution in [3.63, 3.8) is 0 Å². The molecule has 2 heterocycles. The third kappa shape index (κ3) is 4.61. The lowest BCUT2D eigenvalue weighted by Crippen LogP contribution is -2.48. The van der Waals surface area contributed by atoms with Gasteiger partial charge in [0.2, 0.25) is 0 Å². The Hall–Kier alpha value is -1.35. The second-order valence-electron chi connectivity index (χ2n) is 7.70. The maximum atomic E-state index is 13.1. The Bertz CT molecular complexity index is 960. The van der Waals surface area contributed by atoms with Gasteiger partial charge >= 0.3 is 0 Å². The van der Waals surface area contributed by atoms with Crippen LogP contribution >= 0.6 is 45.8 Å². The summed E-state index contributed by atoms with van der Waals surface area (Å²) in [6.07, 6.45) is 3.40. The Morgan fingerprint density at radius 1 is 1.10 bits per heavy atom. The summed E-state index contributed by atoms with van der Waals surface area (Å²) in [5.74, 6) is -0.255. The van der Waals surface area contributed by atoms with Crippen molar-refractivity contribution < 1.29 is 4.79 Å². The molecule has 1 amide bonds. The first-order valence-electron chi connectivity index (χ1n) is 10.1. The molecule has 2 atom stereocenters. The predicted octanol–water partition coefficient (Wildman–Crippen LogP) is 5.67. The van der Waals surface area contributed by atoms with Gasteiger partial charge in [-0.05, 0) is 71.3 Å². The van der Waals surface area contributed by atoms with Crippen molar-refractivity contribution in [3.8, 4) is 0 Å². The van der Waals surface area contributed by atoms with Crippen molar-refractivity contribution in [2.75, 3.05) is 18.1 Å². The Morgan fingerprint density at radius 3 is 2.47 bits per heavy atom. The number of hydrogen-bond donors (Lipinski definition) is 1. The number of amides is 1. The standard InChI is InChI=1S/C22H23Cl2IN4O/c1-14-20(22(30)27-28-11-3-2-4-12-28)26-29(19-10-7-16(23)13-18(19)24)21(14)15-5-8-17(25)9-6-15/h5-10,13-14,21H,2-4,11-12H2,1H3,(H,27,30). The summed E-state index contributed by atoms with van der Waals surface area (Å²) in [7, 11) is 0. The summed E-state index contributed by atoms with van der Waals surface area (Å²) in [6.45, 7) is 3.79. The van der Waals surface area contributed by atoms with E-state index in [1.807, 2.05) is 23.0 Å². The third-order valence-electron chi connectivity index (χ3n) is 5.60. The lowest BCUT2D eigenvalue weighted by Gasteiger charge is -2.28. The molecule has 0 radical (unpaired) electrons. The van der Waals surface area contributed by atoms with Gasteiger partial charge in [0.05, 0.1) is 16.8 Å². The first-order valence-corrected chi connectivity index (χ1v) is 11.9. The van der Waals surface area contributed by atoms with Crippen LogP contribution < -0.4 is 10.4 Å². The molecule has 0 aliphatic carbocycles. The van der Waals surface area contributed by atoms with E-state index in [-0.39, 0.29) is 17.9 Å². The minimum Gasteiger partial charge on any atom is -0.284 e. The molecule has 5 nitrogen and oxygen atoms in total. The van der Waals surface area contributed by atoms with Crippen LogP contribution in [0, 0.1) is 9.49 Å². The predicted molar refractivity (Wildman–Crippen MR) is 131 cm³/mol. The molecule has 0 aromatic heterocycles. The molecule has 30 heavy (non-hydrogen) atoms. The lowest BCUT2D eigenvalue weighted by molar-refractivity contribution is -0.120. The third-order valence-corrected chi connectivity index (χ3v) is 6.86. The zero-order chi connectivity index (χ0) is 21.3. The van der Waals surface area contributed by atoms with Crippen molar-refractivity contribution in [1.29, 1.82) is 0 Å². The van der Waals surface area contributed by atoms with E-state index in [0.29, 0.717) is 15.8 Å². The van der Waals surface area contributed by atoms with Crippen LogP contribution in [0.2, 0.25) is 10.0 Å². The summed E-state index contributed by atoms with van der Waals surface area (Å²) < 4.78 is 1.15. The smallest absolute Gasteiger partial charge is 0.282 e. The molecule has 2 aromatic rings. The Morgan fingerprint density at radius 2 is 1.80 bits per heavy atom. The van der Waals surface area contributed by atoms with E-state index in [1.54, 1.807) is 12.1 Å². The van der Waals surface area contributed by atoms with Gasteiger partial charge in [-0.25, -0.2) is 5.01 Å². The number of rotatable bonds is 4. The molecule has 2 aliphatic rings. The van der Waals surface area contributed by atoms with E-state index in [4.69, 9.17) is 28.3 Å². The van der Waals surface area contributed by atoms with E-state index >= 15 is 0 Å². The summed E-state index contributed by atoms with van der Waals surface area (Å²) in [6, 6.07) is 13.5. The zero-order valence-electron chi connectivity index (χ0n) is 16.6. The number of carbonyl (C=O) groups is 1. The molecule has 0 spiro atoms. The van der Waals surface area contributed by atoms with Gasteiger partial charge in [-0.15, -0.1) is 0 Å². The lowest BCUT2D eigenvalue weighted by atomic mass is 9.91. The second-order valence-corrected chi connectivity index (χ2v) is 9.79. The van der Waals surface area contributed by atoms with Gasteiger partial charge < -0.3 is 0 Å². The molecule has 2 aromatic carbocycles. The molecule has 1 saturated heterocycles. The number of piperidine rings is 1. The van der Waals surface area contributed by atoms with Crippen LogP contribution in [0.5, 0.6) is 0 Å². The van der Waals surface area contributed by atoms with Gasteiger partial charge in [0, 0.05) is 27.6 Å². The first kappa shape index (κ1) is 21.9. The SMILES string of the molecule is CC1C(C(=O)NN2CCCCC2)=NN(c2ccc(Cl)cc2Cl)C1c1ccc(I)cc1. The van der Waals surface area contributed by atoms with Crippen LogP contribution in [-0.4, -0.2) is 29.7 Å². The van der Waals surface area contributed by atoms with Crippen LogP contribution in [0.15, 0.2) is 47.6 Å². The van der Waals surface area contributed by atoms with E-state index in [1.165, 1.54) is 6.42 Å². The average Bonchev–Trinajstić information content (AvgIpc) is 3.06. The van der Waals surface area contributed by atoms with E-state index < -0.39 is 0 Å². The topological polar surface area (TPSA) is 47.9 Å². The molecule has 158 valence electrons. The molecule has 1 fully saturated rings. The molecular weight excluding hydrogens is 534 g/mol. The quantitative estimate of drug-likeness (QED) is 0.494. The molecule has 8 heteroatoms. The monoisotopic (exact) mass is 556 g/mol. The van der Waals surface area contributed by atoms with Crippen LogP contribution in [0.1, 0.15) is 37.8 Å². The summed E-state index contributed by atoms with van der Waals surface area (Å²) >= 11 is 14.9. The molecule has 4 rings (SSSR count). The Balaban J connectivity index is 1.68. The van der Waals surface area contributed by atoms with Gasteiger partial charge in [-0.3, -0.25) is 15.2 Å². The van der Waals surface area contributed by atoms with Crippen molar-refractivity contribution >= 4 is 63.1 Å². The highest BCUT2D eigenvalue weighted by Crippen LogP contribution is 2.42. The normalized spacial score (nSPS) is 22.1. The number of halogens is 3. The number of hydrogen-bond acceptors (Lipinski definition) is 4. The number of anilines is 1. The summed E-state index contributed by atoms with van der Waals surface area (Å²) in [5.41, 5.74) is 5.37. The summed E-state index contributed by atoms with van der Waals surface area (Å²) in [5, 5.41) is 9.68. The second kappa shape index (κ2) is 9.42. The molecule has 1 N–H and O–H groups in total. The molecule has 0 saturated carbocycles. The fraction of sp³-hybridized carbons (Fsp3) is 0.364. The van der Waals surface area contributed by atoms with E-state index in [0.717, 1.165) is 40.8 Å². The summed E-state index contributed by atoms with van der Waals surface area (Å²) in [4.78, 5) is 13.1. The molecule has 2 unspecified atom stereocenters. The largest absolute Gasteiger partial charge is 0.284 e. The van der Waals surface area contributed by atoms with E-state index in [9.17, 15) is 4.79 Å². The highest BCUT2D eigenvalue weighted by atomic mass is 127. The van der Waals surface area contributed by atoms with Crippen LogP contribution in [0.4, 0.5) is 5.69 Å². The van der Waals surface area contributed by atoms with Crippen molar-refractivity contribution in [1.82, 2.24) is 10.4 Å². The average molecular weight is 557 g/mol. The minimum atomic E-state index is -0.146. The Kier molecular flexibility index (Phi) is 6.87. The zero-order valence-corrected chi connectivity index (χ0v) is 20.3. The minimum absolute atomic E-state index is 0.110. The molecule has 0 bridgehead atoms. The van der Waals surface area contributed by atoms with Gasteiger partial charge in [0.15, 0.2) is 0 Å². The van der Waals surface area contributed by atoms with E-state index in [2.05, 4.69) is 52.3 Å². The van der Waals surface area contributed by atoms with Gasteiger partial charge in [0.1, 0.15) is 5.71 Å². The fourth-order valence-electron chi connectivity index (χ4n) is 4.05. The number of nitrogens with one attached hydrogen (secondary N) is 1. The number of carbonyl (C=O) groups excluding carboxylic acids is 1. The maximum absolute atomic E-state index is 13.1.